The molecule has 53 heavy (non-hydrogen) atoms. The Morgan fingerprint density at radius 2 is 1.40 bits per heavy atom. The highest BCUT2D eigenvalue weighted by Gasteiger charge is 2.84. The topological polar surface area (TPSA) is 102 Å². The molecule has 2 aliphatic carbocycles. The molecule has 2 saturated carbocycles. The first kappa shape index (κ1) is 34.9. The Balaban J connectivity index is 1.36. The predicted molar refractivity (Wildman–Crippen MR) is 197 cm³/mol. The van der Waals surface area contributed by atoms with Crippen molar-refractivity contribution in [2.45, 2.75) is 56.5 Å². The molecule has 4 aliphatic rings. The van der Waals surface area contributed by atoms with Gasteiger partial charge in [0.2, 0.25) is 17.7 Å². The van der Waals surface area contributed by atoms with E-state index in [1.54, 1.807) is 24.1 Å². The third kappa shape index (κ3) is 4.90. The van der Waals surface area contributed by atoms with Gasteiger partial charge in [0, 0.05) is 40.0 Å². The van der Waals surface area contributed by atoms with Crippen molar-refractivity contribution in [3.63, 3.8) is 0 Å². The third-order valence-electron chi connectivity index (χ3n) is 12.7. The largest absolute Gasteiger partial charge is 0.461 e. The summed E-state index contributed by atoms with van der Waals surface area (Å²) in [5.74, 6) is -2.82. The van der Waals surface area contributed by atoms with Crippen molar-refractivity contribution in [3.8, 4) is 0 Å². The predicted octanol–water partition coefficient (Wildman–Crippen LogP) is 6.04. The Kier molecular flexibility index (Phi) is 8.62. The molecule has 2 heterocycles. The van der Waals surface area contributed by atoms with E-state index in [1.165, 1.54) is 18.7 Å². The van der Waals surface area contributed by atoms with Crippen molar-refractivity contribution in [1.29, 1.82) is 0 Å². The van der Waals surface area contributed by atoms with E-state index >= 15 is 9.59 Å². The number of anilines is 1. The van der Waals surface area contributed by atoms with Crippen molar-refractivity contribution in [3.05, 3.63) is 138 Å². The summed E-state index contributed by atoms with van der Waals surface area (Å²) >= 11 is 0. The lowest BCUT2D eigenvalue weighted by atomic mass is 9.51. The van der Waals surface area contributed by atoms with Gasteiger partial charge in [-0.25, -0.2) is 4.90 Å². The standard InChI is InChI=1S/C44H44N2O7/c1-28(47)46-36-23-15-14-22-34(36)44(41(46)50)37(53-29(2)48)24-35-33(25-43(51-4,31-18-10-6-11-19-31)32-20-12-7-13-21-32)38-39(44)42(35,40(49)45(38)3)27-52-26-30-16-8-5-9-17-30/h5-23,33,35,37-39H,24-27H2,1-4H3/t33-,35-,37-,38-,39+,42+,44+/m0/s1. The molecule has 0 radical (unpaired) electrons. The molecule has 0 unspecified atom stereocenters. The molecule has 3 fully saturated rings. The lowest BCUT2D eigenvalue weighted by Crippen LogP contribution is -2.64. The summed E-state index contributed by atoms with van der Waals surface area (Å²) < 4.78 is 19.5. The minimum Gasteiger partial charge on any atom is -0.461 e. The molecular formula is C44H44N2O7. The molecule has 4 aromatic carbocycles. The molecule has 9 nitrogen and oxygen atoms in total. The summed E-state index contributed by atoms with van der Waals surface area (Å²) in [4.78, 5) is 59.8. The number of hydrogen-bond acceptors (Lipinski definition) is 7. The van der Waals surface area contributed by atoms with Crippen LogP contribution in [0.15, 0.2) is 115 Å². The number of fused-ring (bicyclic) bond motifs is 2. The van der Waals surface area contributed by atoms with Crippen LogP contribution in [0.4, 0.5) is 5.69 Å². The number of benzene rings is 4. The highest BCUT2D eigenvalue weighted by Crippen LogP contribution is 2.73. The number of rotatable bonds is 10. The summed E-state index contributed by atoms with van der Waals surface area (Å²) in [6, 6.07) is 36.8. The van der Waals surface area contributed by atoms with Crippen LogP contribution in [0.5, 0.6) is 0 Å². The zero-order valence-corrected chi connectivity index (χ0v) is 30.4. The van der Waals surface area contributed by atoms with Gasteiger partial charge in [-0.2, -0.15) is 0 Å². The first-order chi connectivity index (χ1) is 25.6. The Hall–Kier alpha value is -5.12. The maximum atomic E-state index is 15.3. The van der Waals surface area contributed by atoms with Crippen LogP contribution in [-0.4, -0.2) is 61.5 Å². The average molecular weight is 713 g/mol. The van der Waals surface area contributed by atoms with Crippen LogP contribution in [-0.2, 0) is 51.0 Å². The molecular weight excluding hydrogens is 668 g/mol. The van der Waals surface area contributed by atoms with Gasteiger partial charge < -0.3 is 19.1 Å². The summed E-state index contributed by atoms with van der Waals surface area (Å²) in [6.45, 7) is 3.04. The molecule has 4 bridgehead atoms. The number of ether oxygens (including phenoxy) is 3. The quantitative estimate of drug-likeness (QED) is 0.185. The SMILES string of the molecule is COC(C[C@@H]1[C@H]2[C@@H]3[C@](COCc4ccccc4)(C(=O)N2C)[C@H]1C[C@H](OC(C)=O)[C@@]31C(=O)N(C(C)=O)c2ccccc21)(c1ccccc1)c1ccccc1. The number of esters is 1. The lowest BCUT2D eigenvalue weighted by molar-refractivity contribution is -0.175. The van der Waals surface area contributed by atoms with Crippen molar-refractivity contribution >= 4 is 29.4 Å². The van der Waals surface area contributed by atoms with E-state index in [0.717, 1.165) is 16.7 Å². The second-order valence-electron chi connectivity index (χ2n) is 15.0. The highest BCUT2D eigenvalue weighted by atomic mass is 16.5. The zero-order valence-electron chi connectivity index (χ0n) is 30.4. The Morgan fingerprint density at radius 1 is 0.811 bits per heavy atom. The van der Waals surface area contributed by atoms with Crippen LogP contribution in [0, 0.1) is 23.2 Å². The van der Waals surface area contributed by atoms with Crippen LogP contribution >= 0.6 is 0 Å². The van der Waals surface area contributed by atoms with E-state index in [9.17, 15) is 9.59 Å². The van der Waals surface area contributed by atoms with Gasteiger partial charge in [-0.3, -0.25) is 19.2 Å². The maximum absolute atomic E-state index is 15.3. The number of methoxy groups -OCH3 is 1. The fraction of sp³-hybridized carbons (Fsp3) is 0.364. The number of likely N-dealkylation sites (tertiary alicyclic amines) is 1. The first-order valence-corrected chi connectivity index (χ1v) is 18.3. The molecule has 2 aliphatic heterocycles. The van der Waals surface area contributed by atoms with Gasteiger partial charge in [-0.1, -0.05) is 109 Å². The number of hydrogen-bond donors (Lipinski definition) is 0. The van der Waals surface area contributed by atoms with Gasteiger partial charge >= 0.3 is 5.97 Å². The molecule has 7 atom stereocenters. The van der Waals surface area contributed by atoms with Crippen molar-refractivity contribution in [2.75, 3.05) is 25.7 Å². The van der Waals surface area contributed by atoms with Crippen LogP contribution < -0.4 is 4.90 Å². The van der Waals surface area contributed by atoms with Crippen molar-refractivity contribution in [1.82, 2.24) is 4.90 Å². The Morgan fingerprint density at radius 3 is 1.98 bits per heavy atom. The van der Waals surface area contributed by atoms with E-state index < -0.39 is 52.3 Å². The van der Waals surface area contributed by atoms with E-state index in [0.29, 0.717) is 17.7 Å². The van der Waals surface area contributed by atoms with Gasteiger partial charge in [-0.15, -0.1) is 0 Å². The van der Waals surface area contributed by atoms with E-state index in [2.05, 4.69) is 24.3 Å². The van der Waals surface area contributed by atoms with E-state index in [4.69, 9.17) is 14.2 Å². The lowest BCUT2D eigenvalue weighted by Gasteiger charge is -2.52. The van der Waals surface area contributed by atoms with Gasteiger partial charge in [0.15, 0.2) is 0 Å². The van der Waals surface area contributed by atoms with Crippen LogP contribution in [0.2, 0.25) is 0 Å². The number of piperidine rings is 1. The third-order valence-corrected chi connectivity index (χ3v) is 12.7. The molecule has 1 saturated heterocycles. The van der Waals surface area contributed by atoms with Crippen molar-refractivity contribution in [2.24, 2.45) is 23.2 Å². The number of amides is 3. The Labute approximate surface area is 309 Å². The smallest absolute Gasteiger partial charge is 0.302 e. The van der Waals surface area contributed by atoms with Gasteiger partial charge in [0.1, 0.15) is 17.1 Å². The van der Waals surface area contributed by atoms with Crippen LogP contribution in [0.3, 0.4) is 0 Å². The summed E-state index contributed by atoms with van der Waals surface area (Å²) in [5.41, 5.74) is 0.305. The van der Waals surface area contributed by atoms with Gasteiger partial charge in [0.05, 0.1) is 24.3 Å². The minimum absolute atomic E-state index is 0.0497. The number of para-hydroxylation sites is 1. The molecule has 0 N–H and O–H groups in total. The van der Waals surface area contributed by atoms with Crippen molar-refractivity contribution < 1.29 is 33.4 Å². The number of carbonyl (C=O) groups excluding carboxylic acids is 4. The van der Waals surface area contributed by atoms with Gasteiger partial charge in [0.25, 0.3) is 0 Å². The Bertz CT molecular complexity index is 2020. The van der Waals surface area contributed by atoms with Crippen LogP contribution in [0.1, 0.15) is 48.9 Å². The molecule has 0 aromatic heterocycles. The number of imide groups is 1. The van der Waals surface area contributed by atoms with E-state index in [-0.39, 0.29) is 37.4 Å². The van der Waals surface area contributed by atoms with Gasteiger partial charge in [-0.05, 0) is 53.0 Å². The summed E-state index contributed by atoms with van der Waals surface area (Å²) in [5, 5.41) is 0. The fourth-order valence-electron chi connectivity index (χ4n) is 10.9. The van der Waals surface area contributed by atoms with E-state index in [1.807, 2.05) is 85.9 Å². The van der Waals surface area contributed by atoms with Crippen LogP contribution in [0.25, 0.3) is 0 Å². The molecule has 8 rings (SSSR count). The summed E-state index contributed by atoms with van der Waals surface area (Å²) in [6.07, 6.45) is -0.246. The monoisotopic (exact) mass is 712 g/mol. The molecule has 9 heteroatoms. The molecule has 1 spiro atoms. The normalized spacial score (nSPS) is 28.4. The zero-order chi connectivity index (χ0) is 37.1. The summed E-state index contributed by atoms with van der Waals surface area (Å²) in [7, 11) is 3.53. The second kappa shape index (κ2) is 13.1. The average Bonchev–Trinajstić information content (AvgIpc) is 3.64. The second-order valence-corrected chi connectivity index (χ2v) is 15.0. The minimum atomic E-state index is -1.53. The highest BCUT2D eigenvalue weighted by molar-refractivity contribution is 6.23. The first-order valence-electron chi connectivity index (χ1n) is 18.3. The number of carbonyl (C=O) groups is 4. The molecule has 272 valence electrons. The number of nitrogens with zero attached hydrogens (tertiary/aromatic N) is 2. The molecule has 4 aromatic rings. The maximum Gasteiger partial charge on any atom is 0.302 e. The molecule has 3 amide bonds. The fourth-order valence-corrected chi connectivity index (χ4v) is 10.9.